The number of hydrogen-bond donors (Lipinski definition) is 2. The van der Waals surface area contributed by atoms with Crippen LogP contribution in [-0.2, 0) is 14.4 Å². The number of halogens is 1. The minimum Gasteiger partial charge on any atom is -0.507 e. The maximum atomic E-state index is 13.0. The molecular weight excluding hydrogens is 486 g/mol. The number of aliphatic hydroxyl groups is 1. The molecule has 1 fully saturated rings. The first-order valence-electron chi connectivity index (χ1n) is 11.1. The van der Waals surface area contributed by atoms with E-state index in [2.05, 4.69) is 29.8 Å². The standard InChI is InChI=1S/C26H28BrNO5/c1-16(2)17-7-9-18(10-8-17)23-22(24(31)19-11-13-20(27)14-12-19)25(32)26(33)28(23)15-5-3-4-6-21(29)30/h7-14,16,23,31H,3-6,15H2,1-2H3,(H,29,30)/b24-22+/t23-/m1/s1. The quantitative estimate of drug-likeness (QED) is 0.196. The van der Waals surface area contributed by atoms with Gasteiger partial charge in [-0.05, 0) is 42.0 Å². The summed E-state index contributed by atoms with van der Waals surface area (Å²) in [6.45, 7) is 4.48. The molecule has 1 atom stereocenters. The molecule has 7 heteroatoms. The molecular formula is C26H28BrNO5. The lowest BCUT2D eigenvalue weighted by Gasteiger charge is -2.25. The Bertz CT molecular complexity index is 1060. The summed E-state index contributed by atoms with van der Waals surface area (Å²) in [6.07, 6.45) is 1.77. The van der Waals surface area contributed by atoms with Gasteiger partial charge in [0.1, 0.15) is 5.76 Å². The summed E-state index contributed by atoms with van der Waals surface area (Å²) >= 11 is 3.36. The second-order valence-electron chi connectivity index (χ2n) is 8.53. The number of unbranched alkanes of at least 4 members (excludes halogenated alkanes) is 2. The van der Waals surface area contributed by atoms with Crippen LogP contribution in [0.4, 0.5) is 0 Å². The number of carboxylic acids is 1. The molecule has 1 saturated heterocycles. The van der Waals surface area contributed by atoms with E-state index in [1.165, 1.54) is 4.90 Å². The third kappa shape index (κ3) is 5.71. The molecule has 3 rings (SSSR count). The van der Waals surface area contributed by atoms with E-state index in [1.807, 2.05) is 24.3 Å². The van der Waals surface area contributed by atoms with Crippen molar-refractivity contribution in [1.29, 1.82) is 0 Å². The Hall–Kier alpha value is -2.93. The van der Waals surface area contributed by atoms with Crippen LogP contribution in [0.15, 0.2) is 58.6 Å². The molecule has 33 heavy (non-hydrogen) atoms. The zero-order chi connectivity index (χ0) is 24.1. The van der Waals surface area contributed by atoms with Gasteiger partial charge in [-0.2, -0.15) is 0 Å². The van der Waals surface area contributed by atoms with Crippen molar-refractivity contribution >= 4 is 39.3 Å². The Morgan fingerprint density at radius 2 is 1.61 bits per heavy atom. The number of amides is 1. The van der Waals surface area contributed by atoms with Gasteiger partial charge >= 0.3 is 5.97 Å². The Balaban J connectivity index is 1.98. The normalized spacial score (nSPS) is 17.7. The van der Waals surface area contributed by atoms with Crippen molar-refractivity contribution in [2.24, 2.45) is 0 Å². The van der Waals surface area contributed by atoms with Gasteiger partial charge in [-0.3, -0.25) is 14.4 Å². The van der Waals surface area contributed by atoms with Crippen LogP contribution in [0.5, 0.6) is 0 Å². The van der Waals surface area contributed by atoms with Crippen LogP contribution in [0.1, 0.15) is 68.2 Å². The molecule has 2 aromatic carbocycles. The van der Waals surface area contributed by atoms with Crippen molar-refractivity contribution < 1.29 is 24.6 Å². The molecule has 0 aromatic heterocycles. The Morgan fingerprint density at radius 1 is 0.970 bits per heavy atom. The van der Waals surface area contributed by atoms with Crippen LogP contribution in [0.2, 0.25) is 0 Å². The monoisotopic (exact) mass is 513 g/mol. The summed E-state index contributed by atoms with van der Waals surface area (Å²) < 4.78 is 0.835. The number of carbonyl (C=O) groups is 3. The van der Waals surface area contributed by atoms with Gasteiger partial charge in [-0.1, -0.05) is 72.6 Å². The van der Waals surface area contributed by atoms with Crippen LogP contribution < -0.4 is 0 Å². The Kier molecular flexibility index (Phi) is 8.08. The third-order valence-electron chi connectivity index (χ3n) is 5.87. The predicted molar refractivity (Wildman–Crippen MR) is 130 cm³/mol. The first-order valence-corrected chi connectivity index (χ1v) is 11.9. The number of carboxylic acid groups (broad SMARTS) is 1. The SMILES string of the molecule is CC(C)c1ccc([C@@H]2/C(=C(\O)c3ccc(Br)cc3)C(=O)C(=O)N2CCCCCC(=O)O)cc1. The number of ketones is 1. The number of likely N-dealkylation sites (tertiary alicyclic amines) is 1. The number of rotatable bonds is 9. The van der Waals surface area contributed by atoms with E-state index in [-0.39, 0.29) is 17.8 Å². The fourth-order valence-corrected chi connectivity index (χ4v) is 4.28. The van der Waals surface area contributed by atoms with Gasteiger partial charge in [0.25, 0.3) is 11.7 Å². The zero-order valence-corrected chi connectivity index (χ0v) is 20.3. The molecule has 1 aliphatic heterocycles. The summed E-state index contributed by atoms with van der Waals surface area (Å²) in [5, 5.41) is 19.9. The molecule has 0 spiro atoms. The van der Waals surface area contributed by atoms with Crippen molar-refractivity contribution in [1.82, 2.24) is 4.90 Å². The number of Topliss-reactive ketones (excluding diaryl/α,β-unsaturated/α-hetero) is 1. The molecule has 1 amide bonds. The van der Waals surface area contributed by atoms with Crippen LogP contribution >= 0.6 is 15.9 Å². The summed E-state index contributed by atoms with van der Waals surface area (Å²) in [5.41, 5.74) is 2.42. The Labute approximate surface area is 202 Å². The van der Waals surface area contributed by atoms with Gasteiger partial charge < -0.3 is 15.1 Å². The molecule has 2 aromatic rings. The maximum Gasteiger partial charge on any atom is 0.303 e. The third-order valence-corrected chi connectivity index (χ3v) is 6.39. The summed E-state index contributed by atoms with van der Waals surface area (Å²) in [7, 11) is 0. The molecule has 2 N–H and O–H groups in total. The van der Waals surface area contributed by atoms with Crippen LogP contribution in [0, 0.1) is 0 Å². The van der Waals surface area contributed by atoms with Crippen molar-refractivity contribution in [3.63, 3.8) is 0 Å². The first kappa shape index (κ1) is 24.7. The van der Waals surface area contributed by atoms with Gasteiger partial charge in [0.15, 0.2) is 0 Å². The average Bonchev–Trinajstić information content (AvgIpc) is 3.03. The molecule has 6 nitrogen and oxygen atoms in total. The second kappa shape index (κ2) is 10.8. The van der Waals surface area contributed by atoms with Crippen LogP contribution in [0.3, 0.4) is 0 Å². The molecule has 0 radical (unpaired) electrons. The summed E-state index contributed by atoms with van der Waals surface area (Å²) in [5.74, 6) is -2.08. The molecule has 0 unspecified atom stereocenters. The lowest BCUT2D eigenvalue weighted by Crippen LogP contribution is -2.30. The molecule has 1 heterocycles. The van der Waals surface area contributed by atoms with Crippen molar-refractivity contribution in [3.05, 3.63) is 75.3 Å². The molecule has 0 bridgehead atoms. The number of aliphatic hydroxyl groups excluding tert-OH is 1. The van der Waals surface area contributed by atoms with E-state index in [0.717, 1.165) is 15.6 Å². The highest BCUT2D eigenvalue weighted by Gasteiger charge is 2.45. The molecule has 0 aliphatic carbocycles. The fraction of sp³-hybridized carbons (Fsp3) is 0.346. The zero-order valence-electron chi connectivity index (χ0n) is 18.8. The second-order valence-corrected chi connectivity index (χ2v) is 9.44. The van der Waals surface area contributed by atoms with E-state index in [9.17, 15) is 19.5 Å². The molecule has 0 saturated carbocycles. The highest BCUT2D eigenvalue weighted by Crippen LogP contribution is 2.40. The van der Waals surface area contributed by atoms with Gasteiger partial charge in [0.2, 0.25) is 0 Å². The fourth-order valence-electron chi connectivity index (χ4n) is 4.02. The topological polar surface area (TPSA) is 94.9 Å². The van der Waals surface area contributed by atoms with Gasteiger partial charge in [-0.25, -0.2) is 0 Å². The highest BCUT2D eigenvalue weighted by atomic mass is 79.9. The number of nitrogens with zero attached hydrogens (tertiary/aromatic N) is 1. The van der Waals surface area contributed by atoms with E-state index < -0.39 is 23.7 Å². The first-order chi connectivity index (χ1) is 15.7. The van der Waals surface area contributed by atoms with Gasteiger partial charge in [0, 0.05) is 23.0 Å². The average molecular weight is 514 g/mol. The smallest absolute Gasteiger partial charge is 0.303 e. The number of hydrogen-bond acceptors (Lipinski definition) is 4. The van der Waals surface area contributed by atoms with Crippen LogP contribution in [-0.4, -0.2) is 39.3 Å². The highest BCUT2D eigenvalue weighted by molar-refractivity contribution is 9.10. The predicted octanol–water partition coefficient (Wildman–Crippen LogP) is 5.64. The number of carbonyl (C=O) groups excluding carboxylic acids is 2. The largest absolute Gasteiger partial charge is 0.507 e. The van der Waals surface area contributed by atoms with Crippen molar-refractivity contribution in [2.75, 3.05) is 6.54 Å². The Morgan fingerprint density at radius 3 is 2.18 bits per heavy atom. The van der Waals surface area contributed by atoms with Crippen molar-refractivity contribution in [2.45, 2.75) is 51.5 Å². The van der Waals surface area contributed by atoms with Crippen LogP contribution in [0.25, 0.3) is 5.76 Å². The van der Waals surface area contributed by atoms with Gasteiger partial charge in [0.05, 0.1) is 11.6 Å². The lowest BCUT2D eigenvalue weighted by atomic mass is 9.93. The minimum atomic E-state index is -0.852. The van der Waals surface area contributed by atoms with E-state index in [4.69, 9.17) is 5.11 Å². The minimum absolute atomic E-state index is 0.0719. The molecule has 1 aliphatic rings. The maximum absolute atomic E-state index is 13.0. The molecule has 174 valence electrons. The summed E-state index contributed by atoms with van der Waals surface area (Å²) in [6, 6.07) is 14.0. The number of benzene rings is 2. The van der Waals surface area contributed by atoms with Crippen molar-refractivity contribution in [3.8, 4) is 0 Å². The van der Waals surface area contributed by atoms with E-state index >= 15 is 0 Å². The van der Waals surface area contributed by atoms with E-state index in [1.54, 1.807) is 24.3 Å². The van der Waals surface area contributed by atoms with Gasteiger partial charge in [-0.15, -0.1) is 0 Å². The van der Waals surface area contributed by atoms with E-state index in [0.29, 0.717) is 37.3 Å². The number of aliphatic carboxylic acids is 1. The summed E-state index contributed by atoms with van der Waals surface area (Å²) in [4.78, 5) is 38.3. The lowest BCUT2D eigenvalue weighted by molar-refractivity contribution is -0.140.